The van der Waals surface area contributed by atoms with Gasteiger partial charge in [0.05, 0.1) is 0 Å². The van der Waals surface area contributed by atoms with Gasteiger partial charge in [0.1, 0.15) is 0 Å². The third-order valence-corrected chi connectivity index (χ3v) is 4.85. The van der Waals surface area contributed by atoms with Gasteiger partial charge >= 0.3 is 0 Å². The van der Waals surface area contributed by atoms with E-state index in [1.165, 1.54) is 32.9 Å². The zero-order chi connectivity index (χ0) is 12.8. The summed E-state index contributed by atoms with van der Waals surface area (Å²) in [6.07, 6.45) is 3.14. The van der Waals surface area contributed by atoms with Gasteiger partial charge in [0.2, 0.25) is 0 Å². The van der Waals surface area contributed by atoms with Gasteiger partial charge in [-0.15, -0.1) is 18.3 Å². The van der Waals surface area contributed by atoms with Crippen LogP contribution in [0.1, 0.15) is 11.1 Å². The molecule has 1 aliphatic rings. The molecule has 0 aromatic heterocycles. The molecule has 0 N–H and O–H groups in total. The van der Waals surface area contributed by atoms with Crippen molar-refractivity contribution in [1.82, 2.24) is 0 Å². The van der Waals surface area contributed by atoms with Crippen molar-refractivity contribution in [3.63, 3.8) is 0 Å². The van der Waals surface area contributed by atoms with E-state index in [0.717, 1.165) is 5.75 Å². The van der Waals surface area contributed by atoms with Crippen molar-refractivity contribution in [3.8, 4) is 0 Å². The predicted molar refractivity (Wildman–Crippen MR) is 85.2 cm³/mol. The quantitative estimate of drug-likeness (QED) is 0.279. The zero-order valence-electron chi connectivity index (χ0n) is 10.6. The normalized spacial score (nSPS) is 12.6. The Morgan fingerprint density at radius 2 is 1.79 bits per heavy atom. The molecule has 3 aromatic rings. The Morgan fingerprint density at radius 3 is 2.58 bits per heavy atom. The van der Waals surface area contributed by atoms with E-state index in [9.17, 15) is 0 Å². The van der Waals surface area contributed by atoms with Crippen molar-refractivity contribution in [2.75, 3.05) is 5.75 Å². The molecule has 0 heterocycles. The van der Waals surface area contributed by atoms with Crippen LogP contribution in [0.5, 0.6) is 0 Å². The van der Waals surface area contributed by atoms with Gasteiger partial charge in [0.15, 0.2) is 0 Å². The van der Waals surface area contributed by atoms with Crippen LogP contribution in [0.2, 0.25) is 0 Å². The van der Waals surface area contributed by atoms with Gasteiger partial charge in [-0.3, -0.25) is 0 Å². The third-order valence-electron chi connectivity index (χ3n) is 3.78. The van der Waals surface area contributed by atoms with E-state index < -0.39 is 0 Å². The molecule has 0 amide bonds. The number of rotatable bonds is 3. The van der Waals surface area contributed by atoms with Crippen molar-refractivity contribution in [2.24, 2.45) is 0 Å². The minimum absolute atomic E-state index is 0.992. The van der Waals surface area contributed by atoms with Crippen LogP contribution in [0.3, 0.4) is 0 Å². The number of hydrogen-bond acceptors (Lipinski definition) is 1. The van der Waals surface area contributed by atoms with Gasteiger partial charge in [-0.2, -0.15) is 0 Å². The van der Waals surface area contributed by atoms with Crippen LogP contribution in [0, 0.1) is 0 Å². The first-order valence-corrected chi connectivity index (χ1v) is 7.56. The molecule has 19 heavy (non-hydrogen) atoms. The highest BCUT2D eigenvalue weighted by Gasteiger charge is 2.24. The molecule has 3 aromatic carbocycles. The Morgan fingerprint density at radius 1 is 1.00 bits per heavy atom. The lowest BCUT2D eigenvalue weighted by atomic mass is 10.0. The standard InChI is InChI=1S/C18H14S/c1-2-7-19-18-10-14-8-12-5-3-4-6-13(12)9-15(14)16-11-17(16)18/h2-6,8-10H,1,7,11H2. The van der Waals surface area contributed by atoms with Crippen molar-refractivity contribution in [3.05, 3.63) is 66.2 Å². The summed E-state index contributed by atoms with van der Waals surface area (Å²) in [5.74, 6) is 0.992. The number of fused-ring (bicyclic) bond motifs is 4. The summed E-state index contributed by atoms with van der Waals surface area (Å²) < 4.78 is 0. The maximum Gasteiger partial charge on any atom is 0.0158 e. The van der Waals surface area contributed by atoms with Gasteiger partial charge in [-0.05, 0) is 57.3 Å². The Bertz CT molecular complexity index is 815. The van der Waals surface area contributed by atoms with E-state index in [4.69, 9.17) is 0 Å². The first-order valence-electron chi connectivity index (χ1n) is 6.58. The lowest BCUT2D eigenvalue weighted by Gasteiger charge is -2.04. The van der Waals surface area contributed by atoms with Crippen molar-refractivity contribution >= 4 is 33.3 Å². The van der Waals surface area contributed by atoms with Gasteiger partial charge in [0, 0.05) is 10.6 Å². The zero-order valence-corrected chi connectivity index (χ0v) is 11.5. The molecule has 0 saturated carbocycles. The van der Waals surface area contributed by atoms with Crippen molar-refractivity contribution in [2.45, 2.75) is 11.3 Å². The Balaban J connectivity index is 1.96. The summed E-state index contributed by atoms with van der Waals surface area (Å²) in [7, 11) is 0. The SMILES string of the molecule is C=CCSc1cc2cc3ccccc3cc2c2c1C2. The summed E-state index contributed by atoms with van der Waals surface area (Å²) >= 11 is 1.90. The van der Waals surface area contributed by atoms with E-state index in [0.29, 0.717) is 0 Å². The summed E-state index contributed by atoms with van der Waals surface area (Å²) in [4.78, 5) is 1.44. The summed E-state index contributed by atoms with van der Waals surface area (Å²) in [6, 6.07) is 15.6. The van der Waals surface area contributed by atoms with Gasteiger partial charge < -0.3 is 0 Å². The molecule has 0 bridgehead atoms. The Labute approximate surface area is 117 Å². The monoisotopic (exact) mass is 262 g/mol. The van der Waals surface area contributed by atoms with Gasteiger partial charge in [-0.25, -0.2) is 0 Å². The Kier molecular flexibility index (Phi) is 2.42. The van der Waals surface area contributed by atoms with E-state index in [1.807, 2.05) is 17.8 Å². The molecular formula is C18H14S. The summed E-state index contributed by atoms with van der Waals surface area (Å²) in [6.45, 7) is 3.80. The second kappa shape index (κ2) is 4.14. The molecule has 0 atom stereocenters. The summed E-state index contributed by atoms with van der Waals surface area (Å²) in [5, 5.41) is 5.49. The second-order valence-corrected chi connectivity index (χ2v) is 6.09. The molecule has 1 aliphatic carbocycles. The second-order valence-electron chi connectivity index (χ2n) is 5.03. The molecule has 0 saturated heterocycles. The van der Waals surface area contributed by atoms with Crippen LogP contribution in [-0.2, 0) is 6.42 Å². The molecule has 4 rings (SSSR count). The van der Waals surface area contributed by atoms with Crippen LogP contribution in [-0.4, -0.2) is 5.75 Å². The molecule has 0 nitrogen and oxygen atoms in total. The summed E-state index contributed by atoms with van der Waals surface area (Å²) in [5.41, 5.74) is 3.10. The molecule has 0 spiro atoms. The van der Waals surface area contributed by atoms with E-state index in [-0.39, 0.29) is 0 Å². The average Bonchev–Trinajstić information content (AvgIpc) is 3.23. The maximum absolute atomic E-state index is 3.80. The van der Waals surface area contributed by atoms with Crippen molar-refractivity contribution < 1.29 is 0 Å². The van der Waals surface area contributed by atoms with Gasteiger partial charge in [0.25, 0.3) is 0 Å². The lowest BCUT2D eigenvalue weighted by molar-refractivity contribution is 1.45. The van der Waals surface area contributed by atoms with Crippen LogP contribution in [0.25, 0.3) is 21.5 Å². The number of hydrogen-bond donors (Lipinski definition) is 0. The number of thioether (sulfide) groups is 1. The highest BCUT2D eigenvalue weighted by molar-refractivity contribution is 7.99. The highest BCUT2D eigenvalue weighted by Crippen LogP contribution is 2.43. The lowest BCUT2D eigenvalue weighted by Crippen LogP contribution is -1.79. The van der Waals surface area contributed by atoms with Crippen LogP contribution in [0.4, 0.5) is 0 Å². The van der Waals surface area contributed by atoms with Crippen molar-refractivity contribution in [1.29, 1.82) is 0 Å². The van der Waals surface area contributed by atoms with Crippen LogP contribution < -0.4 is 0 Å². The predicted octanol–water partition coefficient (Wildman–Crippen LogP) is 5.18. The van der Waals surface area contributed by atoms with E-state index in [2.05, 4.69) is 49.0 Å². The fraction of sp³-hybridized carbons (Fsp3) is 0.111. The molecule has 0 unspecified atom stereocenters. The van der Waals surface area contributed by atoms with Crippen LogP contribution in [0.15, 0.2) is 60.0 Å². The first kappa shape index (κ1) is 11.1. The van der Waals surface area contributed by atoms with Gasteiger partial charge in [-0.1, -0.05) is 30.3 Å². The minimum Gasteiger partial charge on any atom is -0.122 e. The topological polar surface area (TPSA) is 0 Å². The fourth-order valence-electron chi connectivity index (χ4n) is 2.77. The molecule has 0 radical (unpaired) electrons. The third kappa shape index (κ3) is 1.77. The first-order chi connectivity index (χ1) is 9.36. The highest BCUT2D eigenvalue weighted by atomic mass is 32.2. The molecule has 1 heteroatoms. The molecule has 92 valence electrons. The fourth-order valence-corrected chi connectivity index (χ4v) is 3.65. The minimum atomic E-state index is 0.992. The Hall–Kier alpha value is -1.73. The average molecular weight is 262 g/mol. The number of benzene rings is 3. The van der Waals surface area contributed by atoms with Crippen LogP contribution >= 0.6 is 11.8 Å². The molecule has 0 aliphatic heterocycles. The van der Waals surface area contributed by atoms with E-state index >= 15 is 0 Å². The molecule has 0 fully saturated rings. The largest absolute Gasteiger partial charge is 0.122 e. The smallest absolute Gasteiger partial charge is 0.0158 e. The maximum atomic E-state index is 3.80. The molecular weight excluding hydrogens is 248 g/mol. The van der Waals surface area contributed by atoms with E-state index in [1.54, 1.807) is 11.1 Å².